The summed E-state index contributed by atoms with van der Waals surface area (Å²) in [4.78, 5) is 0. The molecule has 2 atom stereocenters. The number of halogens is 2. The molecular formula is C41H52Cl2Si3Zr. The van der Waals surface area contributed by atoms with Gasteiger partial charge in [0.2, 0.25) is 0 Å². The molecule has 0 saturated heterocycles. The normalized spacial score (nSPS) is 17.4. The van der Waals surface area contributed by atoms with Gasteiger partial charge in [0.05, 0.1) is 0 Å². The van der Waals surface area contributed by atoms with E-state index in [9.17, 15) is 0 Å². The van der Waals surface area contributed by atoms with Crippen LogP contribution in [0.5, 0.6) is 0 Å². The van der Waals surface area contributed by atoms with E-state index in [4.69, 9.17) is 17.0 Å². The summed E-state index contributed by atoms with van der Waals surface area (Å²) >= 11 is -4.10. The van der Waals surface area contributed by atoms with Crippen LogP contribution in [0.15, 0.2) is 78.4 Å². The second-order valence-corrected chi connectivity index (χ2v) is 43.2. The van der Waals surface area contributed by atoms with Crippen molar-refractivity contribution in [1.29, 1.82) is 0 Å². The SMILES string of the molecule is CCC(C)C1=Cc2c(ccc(C(C)(C)C)c2-c2cc([Si](C)(C)C)cc([Si](C)(C)C)c2)[CH]1[Zr]([Cl])([Cl])[c]1cccc2c1[SiH2]c1ccccc1-2. The van der Waals surface area contributed by atoms with E-state index in [-0.39, 0.29) is 9.04 Å². The molecule has 0 radical (unpaired) electrons. The van der Waals surface area contributed by atoms with Crippen molar-refractivity contribution in [2.45, 2.75) is 89.4 Å². The number of benzene rings is 4. The first-order valence-electron chi connectivity index (χ1n) is 17.5. The Labute approximate surface area is 300 Å². The van der Waals surface area contributed by atoms with Crippen LogP contribution in [0, 0.1) is 5.92 Å². The van der Waals surface area contributed by atoms with Crippen LogP contribution < -0.4 is 24.0 Å². The van der Waals surface area contributed by atoms with Gasteiger partial charge in [-0.15, -0.1) is 0 Å². The fraction of sp³-hybridized carbons (Fsp3) is 0.366. The quantitative estimate of drug-likeness (QED) is 0.145. The monoisotopic (exact) mass is 788 g/mol. The molecule has 6 rings (SSSR count). The predicted molar refractivity (Wildman–Crippen MR) is 218 cm³/mol. The van der Waals surface area contributed by atoms with E-state index < -0.39 is 43.5 Å². The molecule has 4 aromatic rings. The first kappa shape index (κ1) is 35.6. The van der Waals surface area contributed by atoms with E-state index in [2.05, 4.69) is 153 Å². The van der Waals surface area contributed by atoms with Gasteiger partial charge in [0.15, 0.2) is 0 Å². The van der Waals surface area contributed by atoms with Crippen molar-refractivity contribution in [3.63, 3.8) is 0 Å². The Kier molecular flexibility index (Phi) is 9.46. The Bertz CT molecular complexity index is 1870. The fourth-order valence-corrected chi connectivity index (χ4v) is 27.2. The molecular weight excluding hydrogens is 739 g/mol. The van der Waals surface area contributed by atoms with Gasteiger partial charge in [0.25, 0.3) is 0 Å². The summed E-state index contributed by atoms with van der Waals surface area (Å²) in [6.45, 7) is 26.7. The van der Waals surface area contributed by atoms with Crippen molar-refractivity contribution in [2.75, 3.05) is 0 Å². The van der Waals surface area contributed by atoms with Gasteiger partial charge in [0.1, 0.15) is 0 Å². The molecule has 0 fully saturated rings. The molecule has 6 heteroatoms. The van der Waals surface area contributed by atoms with E-state index in [1.807, 2.05) is 0 Å². The molecule has 47 heavy (non-hydrogen) atoms. The molecule has 246 valence electrons. The predicted octanol–water partition coefficient (Wildman–Crippen LogP) is 9.11. The molecule has 1 aliphatic carbocycles. The third kappa shape index (κ3) is 6.43. The van der Waals surface area contributed by atoms with E-state index in [0.29, 0.717) is 5.92 Å². The maximum atomic E-state index is 8.08. The number of rotatable bonds is 7. The molecule has 0 amide bonds. The second kappa shape index (κ2) is 12.5. The standard InChI is InChI=1S/C29H43Si2.C12H9Si.2ClH.Zr/c1-12-20(2)22-15-21-13-14-27(29(3,4)5)28(26(21)18-22)23-16-24(30(6,7)8)19-25(17-23)31(9,10)11;1-3-7-11-9(5-1)10-6-2-4-8-12(10)13-11;;;/h13-20H,12H2,1-11H3;1-7H,13H2;2*1H;/q;;;;+2/p-2. The molecule has 0 N–H and O–H groups in total. The van der Waals surface area contributed by atoms with Crippen LogP contribution >= 0.6 is 17.0 Å². The Morgan fingerprint density at radius 2 is 1.43 bits per heavy atom. The number of allylic oxidation sites excluding steroid dienone is 1. The summed E-state index contributed by atoms with van der Waals surface area (Å²) < 4.78 is 1.41. The van der Waals surface area contributed by atoms with Gasteiger partial charge < -0.3 is 0 Å². The first-order valence-corrected chi connectivity index (χ1v) is 34.9. The molecule has 0 bridgehead atoms. The summed E-state index contributed by atoms with van der Waals surface area (Å²) in [5.74, 6) is 0.406. The van der Waals surface area contributed by atoms with Gasteiger partial charge in [-0.1, -0.05) is 0 Å². The molecule has 4 aromatic carbocycles. The van der Waals surface area contributed by atoms with Gasteiger partial charge in [-0.05, 0) is 0 Å². The first-order chi connectivity index (χ1) is 21.8. The summed E-state index contributed by atoms with van der Waals surface area (Å²) in [6.07, 6.45) is 3.63. The zero-order chi connectivity index (χ0) is 34.3. The van der Waals surface area contributed by atoms with Crippen LogP contribution in [-0.4, -0.2) is 25.7 Å². The van der Waals surface area contributed by atoms with Crippen LogP contribution in [-0.2, 0) is 23.3 Å². The average Bonchev–Trinajstić information content (AvgIpc) is 3.58. The van der Waals surface area contributed by atoms with E-state index in [1.54, 1.807) is 10.4 Å². The fourth-order valence-electron chi connectivity index (χ4n) is 7.74. The Morgan fingerprint density at radius 3 is 2.02 bits per heavy atom. The maximum absolute atomic E-state index is 8.08. The van der Waals surface area contributed by atoms with Gasteiger partial charge in [0, 0.05) is 0 Å². The van der Waals surface area contributed by atoms with Crippen LogP contribution in [0.25, 0.3) is 28.3 Å². The molecule has 0 spiro atoms. The van der Waals surface area contributed by atoms with Crippen LogP contribution in [0.3, 0.4) is 0 Å². The summed E-state index contributed by atoms with van der Waals surface area (Å²) in [6, 6.07) is 28.3. The van der Waals surface area contributed by atoms with Crippen LogP contribution in [0.4, 0.5) is 0 Å². The number of hydrogen-bond donors (Lipinski definition) is 0. The van der Waals surface area contributed by atoms with Gasteiger partial charge >= 0.3 is 303 Å². The molecule has 2 aliphatic rings. The molecule has 2 unspecified atom stereocenters. The topological polar surface area (TPSA) is 0 Å². The van der Waals surface area contributed by atoms with Crippen molar-refractivity contribution in [2.24, 2.45) is 5.92 Å². The summed E-state index contributed by atoms with van der Waals surface area (Å²) in [5.41, 5.74) is 11.2. The number of hydrogen-bond acceptors (Lipinski definition) is 0. The van der Waals surface area contributed by atoms with Crippen molar-refractivity contribution >= 4 is 72.8 Å². The third-order valence-electron chi connectivity index (χ3n) is 10.8. The van der Waals surface area contributed by atoms with E-state index in [1.165, 1.54) is 58.2 Å². The van der Waals surface area contributed by atoms with Gasteiger partial charge in [-0.25, -0.2) is 0 Å². The molecule has 0 aromatic heterocycles. The summed E-state index contributed by atoms with van der Waals surface area (Å²) in [7, 11) is 12.4. The molecule has 1 aliphatic heterocycles. The molecule has 1 heterocycles. The van der Waals surface area contributed by atoms with Crippen molar-refractivity contribution in [3.8, 4) is 22.3 Å². The second-order valence-electron chi connectivity index (χ2n) is 17.2. The zero-order valence-electron chi connectivity index (χ0n) is 30.3. The Hall–Kier alpha value is -1.27. The van der Waals surface area contributed by atoms with Gasteiger partial charge in [-0.3, -0.25) is 0 Å². The zero-order valence-corrected chi connectivity index (χ0v) is 37.7. The van der Waals surface area contributed by atoms with Gasteiger partial charge in [-0.2, -0.15) is 0 Å². The molecule has 0 nitrogen and oxygen atoms in total. The minimum absolute atomic E-state index is 0.0127. The molecule has 0 saturated carbocycles. The van der Waals surface area contributed by atoms with Crippen molar-refractivity contribution < 1.29 is 17.9 Å². The van der Waals surface area contributed by atoms with E-state index in [0.717, 1.165) is 6.42 Å². The van der Waals surface area contributed by atoms with E-state index >= 15 is 0 Å². The Balaban J connectivity index is 1.63. The minimum atomic E-state index is -4.10. The van der Waals surface area contributed by atoms with Crippen molar-refractivity contribution in [3.05, 3.63) is 95.1 Å². The van der Waals surface area contributed by atoms with Crippen molar-refractivity contribution in [1.82, 2.24) is 0 Å². The third-order valence-corrected chi connectivity index (χ3v) is 29.0. The summed E-state index contributed by atoms with van der Waals surface area (Å²) in [5, 5.41) is 6.13. The van der Waals surface area contributed by atoms with Crippen LogP contribution in [0.1, 0.15) is 61.4 Å². The van der Waals surface area contributed by atoms with Crippen LogP contribution in [0.2, 0.25) is 39.3 Å². The number of fused-ring (bicyclic) bond motifs is 4. The Morgan fingerprint density at radius 1 is 0.809 bits per heavy atom. The average molecular weight is 791 g/mol.